The monoisotopic (exact) mass is 223 g/mol. The predicted molar refractivity (Wildman–Crippen MR) is 64.5 cm³/mol. The van der Waals surface area contributed by atoms with E-state index in [9.17, 15) is 0 Å². The van der Waals surface area contributed by atoms with Crippen LogP contribution < -0.4 is 10.5 Å². The van der Waals surface area contributed by atoms with Gasteiger partial charge in [-0.15, -0.1) is 11.8 Å². The van der Waals surface area contributed by atoms with Crippen LogP contribution in [-0.4, -0.2) is 13.4 Å². The lowest BCUT2D eigenvalue weighted by Crippen LogP contribution is -2.43. The van der Waals surface area contributed by atoms with Gasteiger partial charge in [-0.25, -0.2) is 0 Å². The molecule has 0 heterocycles. The van der Waals surface area contributed by atoms with Crippen LogP contribution in [0.2, 0.25) is 0 Å². The van der Waals surface area contributed by atoms with Crippen molar-refractivity contribution in [3.8, 4) is 5.75 Å². The molecule has 2 N–H and O–H groups in total. The molecule has 0 radical (unpaired) electrons. The van der Waals surface area contributed by atoms with Crippen LogP contribution >= 0.6 is 11.8 Å². The minimum absolute atomic E-state index is 0.0930. The normalized spacial score (nSPS) is 18.3. The molecule has 3 heteroatoms. The summed E-state index contributed by atoms with van der Waals surface area (Å²) in [7, 11) is 1.71. The van der Waals surface area contributed by atoms with Crippen molar-refractivity contribution in [2.24, 2.45) is 5.73 Å². The van der Waals surface area contributed by atoms with E-state index in [1.54, 1.807) is 18.9 Å². The summed E-state index contributed by atoms with van der Waals surface area (Å²) in [5, 5.41) is 0. The van der Waals surface area contributed by atoms with Crippen LogP contribution in [0.5, 0.6) is 5.75 Å². The fourth-order valence-electron chi connectivity index (χ4n) is 1.99. The maximum Gasteiger partial charge on any atom is 0.132 e. The first-order chi connectivity index (χ1) is 7.19. The van der Waals surface area contributed by atoms with Crippen molar-refractivity contribution in [3.05, 3.63) is 23.8 Å². The van der Waals surface area contributed by atoms with Crippen molar-refractivity contribution >= 4 is 11.8 Å². The molecule has 1 aliphatic carbocycles. The van der Waals surface area contributed by atoms with Gasteiger partial charge in [-0.2, -0.15) is 0 Å². The fraction of sp³-hybridized carbons (Fsp3) is 0.500. The topological polar surface area (TPSA) is 35.2 Å². The summed E-state index contributed by atoms with van der Waals surface area (Å²) in [6.07, 6.45) is 5.48. The molecular formula is C12H17NOS. The van der Waals surface area contributed by atoms with E-state index >= 15 is 0 Å². The van der Waals surface area contributed by atoms with E-state index < -0.39 is 0 Å². The molecule has 0 unspecified atom stereocenters. The Morgan fingerprint density at radius 1 is 1.40 bits per heavy atom. The zero-order valence-corrected chi connectivity index (χ0v) is 10.1. The molecule has 1 fully saturated rings. The van der Waals surface area contributed by atoms with Crippen LogP contribution in [0.4, 0.5) is 0 Å². The Bertz CT molecular complexity index is 361. The lowest BCUT2D eigenvalue weighted by Gasteiger charge is -2.38. The molecule has 0 amide bonds. The van der Waals surface area contributed by atoms with Crippen LogP contribution in [0.25, 0.3) is 0 Å². The summed E-state index contributed by atoms with van der Waals surface area (Å²) in [6.45, 7) is 0. The quantitative estimate of drug-likeness (QED) is 0.800. The van der Waals surface area contributed by atoms with Gasteiger partial charge in [0.05, 0.1) is 7.11 Å². The van der Waals surface area contributed by atoms with Gasteiger partial charge in [0.1, 0.15) is 5.75 Å². The third-order valence-electron chi connectivity index (χ3n) is 3.20. The van der Waals surface area contributed by atoms with Crippen LogP contribution in [0.15, 0.2) is 23.1 Å². The number of benzene rings is 1. The Kier molecular flexibility index (Phi) is 2.94. The van der Waals surface area contributed by atoms with Gasteiger partial charge in [0, 0.05) is 10.4 Å². The number of methoxy groups -OCH3 is 1. The van der Waals surface area contributed by atoms with E-state index in [0.717, 1.165) is 18.6 Å². The molecule has 0 aromatic heterocycles. The minimum Gasteiger partial charge on any atom is -0.496 e. The van der Waals surface area contributed by atoms with Crippen molar-refractivity contribution in [2.75, 3.05) is 13.4 Å². The number of rotatable bonds is 3. The summed E-state index contributed by atoms with van der Waals surface area (Å²) in [5.41, 5.74) is 7.40. The molecule has 1 saturated carbocycles. The zero-order valence-electron chi connectivity index (χ0n) is 9.25. The number of ether oxygens (including phenoxy) is 1. The number of hydrogen-bond acceptors (Lipinski definition) is 3. The first kappa shape index (κ1) is 10.8. The Balaban J connectivity index is 2.34. The summed E-state index contributed by atoms with van der Waals surface area (Å²) >= 11 is 1.70. The molecule has 1 aromatic carbocycles. The Morgan fingerprint density at radius 3 is 2.60 bits per heavy atom. The SMILES string of the molecule is COc1cc(C2(N)CCC2)ccc1SC. The Labute approximate surface area is 95.2 Å². The van der Waals surface area contributed by atoms with E-state index in [2.05, 4.69) is 24.5 Å². The average Bonchev–Trinajstić information content (AvgIpc) is 2.25. The molecular weight excluding hydrogens is 206 g/mol. The molecule has 2 rings (SSSR count). The van der Waals surface area contributed by atoms with Crippen LogP contribution in [0.1, 0.15) is 24.8 Å². The second-order valence-corrected chi connectivity index (χ2v) is 4.93. The van der Waals surface area contributed by atoms with E-state index in [0.29, 0.717) is 0 Å². The predicted octanol–water partition coefficient (Wildman–Crippen LogP) is 2.76. The lowest BCUT2D eigenvalue weighted by molar-refractivity contribution is 0.252. The van der Waals surface area contributed by atoms with Crippen LogP contribution in [0, 0.1) is 0 Å². The summed E-state index contributed by atoms with van der Waals surface area (Å²) < 4.78 is 5.36. The third-order valence-corrected chi connectivity index (χ3v) is 3.98. The number of hydrogen-bond donors (Lipinski definition) is 1. The highest BCUT2D eigenvalue weighted by Crippen LogP contribution is 2.41. The van der Waals surface area contributed by atoms with Crippen molar-refractivity contribution in [3.63, 3.8) is 0 Å². The molecule has 82 valence electrons. The number of thioether (sulfide) groups is 1. The summed E-state index contributed by atoms with van der Waals surface area (Å²) in [6, 6.07) is 6.32. The van der Waals surface area contributed by atoms with E-state index in [4.69, 9.17) is 10.5 Å². The molecule has 15 heavy (non-hydrogen) atoms. The molecule has 0 aliphatic heterocycles. The lowest BCUT2D eigenvalue weighted by atomic mass is 9.73. The van der Waals surface area contributed by atoms with Crippen molar-refractivity contribution in [2.45, 2.75) is 29.7 Å². The average molecular weight is 223 g/mol. The maximum absolute atomic E-state index is 6.28. The smallest absolute Gasteiger partial charge is 0.132 e. The molecule has 0 spiro atoms. The first-order valence-corrected chi connectivity index (χ1v) is 6.43. The maximum atomic E-state index is 6.28. The van der Waals surface area contributed by atoms with E-state index in [1.165, 1.54) is 16.9 Å². The first-order valence-electron chi connectivity index (χ1n) is 5.21. The van der Waals surface area contributed by atoms with Crippen LogP contribution in [0.3, 0.4) is 0 Å². The molecule has 0 bridgehead atoms. The number of nitrogens with two attached hydrogens (primary N) is 1. The Morgan fingerprint density at radius 2 is 2.13 bits per heavy atom. The highest BCUT2D eigenvalue weighted by atomic mass is 32.2. The van der Waals surface area contributed by atoms with Crippen LogP contribution in [-0.2, 0) is 5.54 Å². The highest BCUT2D eigenvalue weighted by molar-refractivity contribution is 7.98. The van der Waals surface area contributed by atoms with Gasteiger partial charge in [0.25, 0.3) is 0 Å². The van der Waals surface area contributed by atoms with Gasteiger partial charge < -0.3 is 10.5 Å². The third kappa shape index (κ3) is 1.86. The molecule has 0 atom stereocenters. The van der Waals surface area contributed by atoms with E-state index in [-0.39, 0.29) is 5.54 Å². The van der Waals surface area contributed by atoms with Crippen molar-refractivity contribution in [1.82, 2.24) is 0 Å². The largest absolute Gasteiger partial charge is 0.496 e. The molecule has 1 aromatic rings. The Hall–Kier alpha value is -0.670. The van der Waals surface area contributed by atoms with Crippen molar-refractivity contribution in [1.29, 1.82) is 0 Å². The summed E-state index contributed by atoms with van der Waals surface area (Å²) in [5.74, 6) is 0.941. The van der Waals surface area contributed by atoms with Crippen molar-refractivity contribution < 1.29 is 4.74 Å². The van der Waals surface area contributed by atoms with Gasteiger partial charge in [-0.1, -0.05) is 6.07 Å². The highest BCUT2D eigenvalue weighted by Gasteiger charge is 2.34. The second kappa shape index (κ2) is 4.06. The van der Waals surface area contributed by atoms with Gasteiger partial charge >= 0.3 is 0 Å². The zero-order chi connectivity index (χ0) is 10.9. The van der Waals surface area contributed by atoms with Gasteiger partial charge in [-0.3, -0.25) is 0 Å². The minimum atomic E-state index is -0.0930. The second-order valence-electron chi connectivity index (χ2n) is 4.08. The van der Waals surface area contributed by atoms with Gasteiger partial charge in [0.2, 0.25) is 0 Å². The molecule has 0 saturated heterocycles. The molecule has 1 aliphatic rings. The van der Waals surface area contributed by atoms with E-state index in [1.807, 2.05) is 0 Å². The fourth-order valence-corrected chi connectivity index (χ4v) is 2.54. The molecule has 2 nitrogen and oxygen atoms in total. The standard InChI is InChI=1S/C12H17NOS/c1-14-10-8-9(4-5-11(10)15-2)12(13)6-3-7-12/h4-5,8H,3,6-7,13H2,1-2H3. The van der Waals surface area contributed by atoms with Gasteiger partial charge in [-0.05, 0) is 43.2 Å². The van der Waals surface area contributed by atoms with Gasteiger partial charge in [0.15, 0.2) is 0 Å². The summed E-state index contributed by atoms with van der Waals surface area (Å²) in [4.78, 5) is 1.17.